The van der Waals surface area contributed by atoms with E-state index in [4.69, 9.17) is 9.47 Å². The molecule has 262 valence electrons. The molecule has 2 N–H and O–H groups in total. The van der Waals surface area contributed by atoms with Crippen molar-refractivity contribution in [1.29, 1.82) is 0 Å². The van der Waals surface area contributed by atoms with E-state index in [9.17, 15) is 26.4 Å². The zero-order chi connectivity index (χ0) is 35.3. The lowest BCUT2D eigenvalue weighted by atomic mass is 9.84. The predicted octanol–water partition coefficient (Wildman–Crippen LogP) is 6.48. The Hall–Kier alpha value is -4.15. The van der Waals surface area contributed by atoms with Crippen molar-refractivity contribution >= 4 is 39.1 Å². The second-order valence-electron chi connectivity index (χ2n) is 13.3. The number of alkyl halides is 3. The fourth-order valence-electron chi connectivity index (χ4n) is 5.76. The zero-order valence-electron chi connectivity index (χ0n) is 27.7. The third-order valence-corrected chi connectivity index (χ3v) is 10.1. The molecule has 5 rings (SSSR count). The number of nitrogens with zero attached hydrogens (tertiary/aromatic N) is 5. The number of benzene rings is 1. The van der Waals surface area contributed by atoms with Gasteiger partial charge in [0.25, 0.3) is 0 Å². The first-order chi connectivity index (χ1) is 22.2. The number of halogens is 4. The second-order valence-corrected chi connectivity index (χ2v) is 15.7. The van der Waals surface area contributed by atoms with Gasteiger partial charge in [-0.15, -0.1) is 0 Å². The average Bonchev–Trinajstić information content (AvgIpc) is 3.53. The normalized spacial score (nSPS) is 17.3. The summed E-state index contributed by atoms with van der Waals surface area (Å²) in [5.41, 5.74) is -0.857. The summed E-state index contributed by atoms with van der Waals surface area (Å²) in [5.74, 6) is -1.44. The first-order valence-electron chi connectivity index (χ1n) is 15.5. The summed E-state index contributed by atoms with van der Waals surface area (Å²) in [6.07, 6.45) is -2.43. The number of hydrogen-bond donors (Lipinski definition) is 2. The number of rotatable bonds is 7. The third kappa shape index (κ3) is 7.29. The molecule has 1 aromatic carbocycles. The average molecular weight is 698 g/mol. The molecule has 12 nitrogen and oxygen atoms in total. The molecule has 0 radical (unpaired) electrons. The molecule has 0 spiro atoms. The number of sulfone groups is 1. The summed E-state index contributed by atoms with van der Waals surface area (Å²) < 4.78 is 96.5. The molecule has 4 heterocycles. The molecular formula is C31H39F4N7O5S. The van der Waals surface area contributed by atoms with Crippen LogP contribution in [-0.2, 0) is 34.2 Å². The summed E-state index contributed by atoms with van der Waals surface area (Å²) in [6.45, 7) is 10.8. The highest BCUT2D eigenvalue weighted by atomic mass is 32.2. The molecule has 1 fully saturated rings. The highest BCUT2D eigenvalue weighted by Gasteiger charge is 2.38. The Morgan fingerprint density at radius 3 is 2.40 bits per heavy atom. The Balaban J connectivity index is 1.45. The molecule has 2 aromatic heterocycles. The van der Waals surface area contributed by atoms with Gasteiger partial charge in [-0.2, -0.15) is 23.3 Å². The van der Waals surface area contributed by atoms with Gasteiger partial charge in [0.15, 0.2) is 0 Å². The fourth-order valence-corrected chi connectivity index (χ4v) is 6.86. The molecule has 0 bridgehead atoms. The molecule has 2 aliphatic heterocycles. The number of likely N-dealkylation sites (tertiary alicyclic amines) is 1. The molecule has 3 aromatic rings. The predicted molar refractivity (Wildman–Crippen MR) is 169 cm³/mol. The molecule has 1 unspecified atom stereocenters. The van der Waals surface area contributed by atoms with Gasteiger partial charge in [0, 0.05) is 50.6 Å². The van der Waals surface area contributed by atoms with Crippen molar-refractivity contribution in [2.75, 3.05) is 23.7 Å². The minimum absolute atomic E-state index is 0.122. The molecule has 2 aliphatic rings. The minimum atomic E-state index is -4.90. The highest BCUT2D eigenvalue weighted by Crippen LogP contribution is 2.46. The summed E-state index contributed by atoms with van der Waals surface area (Å²) >= 11 is 0. The van der Waals surface area contributed by atoms with Crippen molar-refractivity contribution < 1.29 is 40.2 Å². The van der Waals surface area contributed by atoms with E-state index in [1.54, 1.807) is 25.7 Å². The van der Waals surface area contributed by atoms with Crippen molar-refractivity contribution in [1.82, 2.24) is 24.6 Å². The lowest BCUT2D eigenvalue weighted by molar-refractivity contribution is -0.137. The zero-order valence-corrected chi connectivity index (χ0v) is 28.5. The van der Waals surface area contributed by atoms with Crippen molar-refractivity contribution in [3.63, 3.8) is 0 Å². The number of carbonyl (C=O) groups is 1. The van der Waals surface area contributed by atoms with Crippen LogP contribution in [0.1, 0.15) is 77.0 Å². The van der Waals surface area contributed by atoms with Gasteiger partial charge < -0.3 is 25.0 Å². The van der Waals surface area contributed by atoms with Crippen molar-refractivity contribution in [2.45, 2.75) is 94.9 Å². The number of fused-ring (bicyclic) bond motifs is 1. The van der Waals surface area contributed by atoms with E-state index in [1.165, 1.54) is 37.8 Å². The van der Waals surface area contributed by atoms with E-state index in [0.29, 0.717) is 55.4 Å². The molecular weight excluding hydrogens is 658 g/mol. The standard InChI is InChI=1S/C31H39F4N7O5S/c1-16(2)48(44,45)27-23(15-41(7)40-27)37-26-20(31(33,34)35)14-36-28(39-26)38-22-13-21(32)24(19-12-17(3)46-25(19)22)18-8-10-42(11-9-18)29(43)47-30(4,5)6/h13-18H,8-12H2,1-7H3,(H2,36,37,38,39). The summed E-state index contributed by atoms with van der Waals surface area (Å²) in [7, 11) is -2.54. The van der Waals surface area contributed by atoms with Crippen LogP contribution >= 0.6 is 0 Å². The van der Waals surface area contributed by atoms with E-state index in [0.717, 1.165) is 0 Å². The van der Waals surface area contributed by atoms with Crippen LogP contribution in [0.3, 0.4) is 0 Å². The monoisotopic (exact) mass is 697 g/mol. The van der Waals surface area contributed by atoms with Gasteiger partial charge in [0.05, 0.1) is 16.6 Å². The van der Waals surface area contributed by atoms with Crippen LogP contribution in [0.25, 0.3) is 0 Å². The molecule has 1 saturated heterocycles. The number of carbonyl (C=O) groups excluding carboxylic acids is 1. The molecule has 17 heteroatoms. The number of nitrogens with one attached hydrogen (secondary N) is 2. The lowest BCUT2D eigenvalue weighted by Gasteiger charge is -2.34. The van der Waals surface area contributed by atoms with E-state index in [2.05, 4.69) is 25.7 Å². The minimum Gasteiger partial charge on any atom is -0.488 e. The van der Waals surface area contributed by atoms with Crippen LogP contribution < -0.4 is 15.4 Å². The van der Waals surface area contributed by atoms with Gasteiger partial charge in [-0.25, -0.2) is 22.6 Å². The van der Waals surface area contributed by atoms with Crippen LogP contribution in [0.4, 0.5) is 45.5 Å². The second kappa shape index (κ2) is 12.7. The Morgan fingerprint density at radius 2 is 1.79 bits per heavy atom. The molecule has 48 heavy (non-hydrogen) atoms. The molecule has 1 atom stereocenters. The highest BCUT2D eigenvalue weighted by molar-refractivity contribution is 7.92. The van der Waals surface area contributed by atoms with Crippen molar-refractivity contribution in [3.05, 3.63) is 41.0 Å². The van der Waals surface area contributed by atoms with E-state index in [-0.39, 0.29) is 29.3 Å². The van der Waals surface area contributed by atoms with E-state index >= 15 is 4.39 Å². The topological polar surface area (TPSA) is 141 Å². The number of aromatic nitrogens is 4. The maximum atomic E-state index is 15.9. The Kier molecular flexibility index (Phi) is 9.31. The number of amides is 1. The Bertz CT molecular complexity index is 1810. The lowest BCUT2D eigenvalue weighted by Crippen LogP contribution is -2.41. The SMILES string of the molecule is CC1Cc2c(c(Nc3ncc(C(F)(F)F)c(Nc4cn(C)nc4S(=O)(=O)C(C)C)n3)cc(F)c2C2CCN(C(=O)OC(C)(C)C)CC2)O1. The number of anilines is 4. The fraction of sp³-hybridized carbons (Fsp3) is 0.548. The first kappa shape index (κ1) is 35.2. The molecule has 1 amide bonds. The van der Waals surface area contributed by atoms with Crippen molar-refractivity contribution in [2.24, 2.45) is 7.05 Å². The quantitative estimate of drug-likeness (QED) is 0.264. The van der Waals surface area contributed by atoms with Gasteiger partial charge in [-0.1, -0.05) is 0 Å². The third-order valence-electron chi connectivity index (χ3n) is 8.02. The number of piperidine rings is 1. The number of hydrogen-bond acceptors (Lipinski definition) is 10. The van der Waals surface area contributed by atoms with Crippen LogP contribution in [0.2, 0.25) is 0 Å². The van der Waals surface area contributed by atoms with Gasteiger partial charge in [-0.05, 0) is 65.9 Å². The Labute approximate surface area is 276 Å². The maximum Gasteiger partial charge on any atom is 0.421 e. The number of aryl methyl sites for hydroxylation is 1. The summed E-state index contributed by atoms with van der Waals surface area (Å²) in [5, 5.41) is 7.92. The van der Waals surface area contributed by atoms with Gasteiger partial charge in [-0.3, -0.25) is 4.68 Å². The van der Waals surface area contributed by atoms with Crippen LogP contribution in [0.5, 0.6) is 5.75 Å². The summed E-state index contributed by atoms with van der Waals surface area (Å²) in [6, 6.07) is 1.20. The van der Waals surface area contributed by atoms with Gasteiger partial charge in [0.1, 0.15) is 34.7 Å². The van der Waals surface area contributed by atoms with Crippen LogP contribution in [0, 0.1) is 5.82 Å². The van der Waals surface area contributed by atoms with E-state index < -0.39 is 55.2 Å². The maximum absolute atomic E-state index is 15.9. The first-order valence-corrected chi connectivity index (χ1v) is 17.0. The van der Waals surface area contributed by atoms with Crippen LogP contribution in [-0.4, -0.2) is 69.2 Å². The molecule has 0 aliphatic carbocycles. The number of ether oxygens (including phenoxy) is 2. The molecule has 0 saturated carbocycles. The smallest absolute Gasteiger partial charge is 0.421 e. The summed E-state index contributed by atoms with van der Waals surface area (Å²) in [4.78, 5) is 22.0. The van der Waals surface area contributed by atoms with E-state index in [1.807, 2.05) is 6.92 Å². The van der Waals surface area contributed by atoms with Gasteiger partial charge in [0.2, 0.25) is 20.8 Å². The van der Waals surface area contributed by atoms with Crippen molar-refractivity contribution in [3.8, 4) is 5.75 Å². The van der Waals surface area contributed by atoms with Gasteiger partial charge >= 0.3 is 12.3 Å². The largest absolute Gasteiger partial charge is 0.488 e. The van der Waals surface area contributed by atoms with Crippen LogP contribution in [0.15, 0.2) is 23.5 Å². The Morgan fingerprint density at radius 1 is 1.12 bits per heavy atom.